The summed E-state index contributed by atoms with van der Waals surface area (Å²) in [4.78, 5) is 36.9. The molecule has 0 atom stereocenters. The minimum absolute atomic E-state index is 0.389. The summed E-state index contributed by atoms with van der Waals surface area (Å²) in [6.07, 6.45) is 15.4. The van der Waals surface area contributed by atoms with Gasteiger partial charge >= 0.3 is 0 Å². The van der Waals surface area contributed by atoms with Crippen LogP contribution < -0.4 is 0 Å². The van der Waals surface area contributed by atoms with E-state index in [1.807, 2.05) is 98.1 Å². The van der Waals surface area contributed by atoms with Crippen molar-refractivity contribution in [1.82, 2.24) is 53.2 Å². The second-order valence-electron chi connectivity index (χ2n) is 21.3. The van der Waals surface area contributed by atoms with Crippen molar-refractivity contribution >= 4 is 98.3 Å². The molecule has 0 N–H and O–H groups in total. The molecular weight excluding hydrogens is 1050 g/mol. The monoisotopic (exact) mass is 1090 g/mol. The fraction of sp³-hybridized carbons (Fsp3) is 0. The molecule has 8 aromatic carbocycles. The van der Waals surface area contributed by atoms with E-state index in [9.17, 15) is 0 Å². The Balaban J connectivity index is 1.23. The first-order valence-electron chi connectivity index (χ1n) is 28.2. The quantitative estimate of drug-likeness (QED) is 0.147. The van der Waals surface area contributed by atoms with Crippen LogP contribution in [0.5, 0.6) is 0 Å². The van der Waals surface area contributed by atoms with E-state index in [2.05, 4.69) is 182 Å². The molecule has 10 heterocycles. The van der Waals surface area contributed by atoms with Crippen LogP contribution in [0.1, 0.15) is 0 Å². The lowest BCUT2D eigenvalue weighted by atomic mass is 9.94. The Morgan fingerprint density at radius 2 is 0.635 bits per heavy atom. The third kappa shape index (κ3) is 6.87. The normalized spacial score (nSPS) is 12.0. The molecule has 18 rings (SSSR count). The Kier molecular flexibility index (Phi) is 10.1. The van der Waals surface area contributed by atoms with Gasteiger partial charge in [0.1, 0.15) is 5.52 Å². The van der Waals surface area contributed by atoms with Crippen LogP contribution in [0.15, 0.2) is 266 Å². The zero-order chi connectivity index (χ0) is 55.7. The first-order chi connectivity index (χ1) is 42.2. The summed E-state index contributed by atoms with van der Waals surface area (Å²) in [6.45, 7) is 0. The Bertz CT molecular complexity index is 5200. The van der Waals surface area contributed by atoms with Gasteiger partial charge in [0.05, 0.1) is 114 Å². The highest BCUT2D eigenvalue weighted by Crippen LogP contribution is 2.54. The number of aromatic nitrogens is 11. The summed E-state index contributed by atoms with van der Waals surface area (Å²) in [5.41, 5.74) is 16.3. The lowest BCUT2D eigenvalue weighted by Gasteiger charge is -2.30. The van der Waals surface area contributed by atoms with Crippen LogP contribution in [0, 0.1) is 0 Å². The minimum Gasteiger partial charge on any atom is -0.436 e. The van der Waals surface area contributed by atoms with Gasteiger partial charge in [0, 0.05) is 79.0 Å². The fourth-order valence-electron chi connectivity index (χ4n) is 13.3. The fourth-order valence-corrected chi connectivity index (χ4v) is 13.3. The minimum atomic E-state index is 0.389. The lowest BCUT2D eigenvalue weighted by molar-refractivity contribution is 0.619. The summed E-state index contributed by atoms with van der Waals surface area (Å²) in [7, 11) is 0. The van der Waals surface area contributed by atoms with Crippen molar-refractivity contribution in [3.63, 3.8) is 0 Å². The summed E-state index contributed by atoms with van der Waals surface area (Å²) in [5, 5.41) is 8.25. The van der Waals surface area contributed by atoms with Crippen LogP contribution in [0.2, 0.25) is 0 Å². The molecule has 0 saturated heterocycles. The van der Waals surface area contributed by atoms with E-state index in [0.717, 1.165) is 132 Å². The van der Waals surface area contributed by atoms with Gasteiger partial charge in [0.2, 0.25) is 5.89 Å². The molecule has 0 aliphatic rings. The van der Waals surface area contributed by atoms with Crippen molar-refractivity contribution in [3.8, 4) is 68.1 Å². The number of para-hydroxylation sites is 6. The van der Waals surface area contributed by atoms with Gasteiger partial charge in [-0.2, -0.15) is 0 Å². The predicted octanol–water partition coefficient (Wildman–Crippen LogP) is 17.3. The van der Waals surface area contributed by atoms with Crippen molar-refractivity contribution in [2.24, 2.45) is 0 Å². The second-order valence-corrected chi connectivity index (χ2v) is 21.3. The van der Waals surface area contributed by atoms with E-state index < -0.39 is 0 Å². The molecule has 0 aliphatic heterocycles. The standard InChI is InChI=1S/C73H43N11O/c1-3-17-44(18-4-1)55-39-56(79-72(78-55)45-19-5-2-6-20-45)66-68(81-57-26-12-7-21-46(57)50-31-35-74-40-61(50)81)70(83-59-28-14-9-23-48(59)52-33-37-76-42-63(52)83)67(73-80-54-25-11-16-30-65(54)85-73)71(84-60-29-15-10-24-49(60)53-34-38-77-43-64(53)84)69(66)82-58-27-13-8-22-47(58)51-32-36-75-41-62(51)82/h1-43H. The van der Waals surface area contributed by atoms with Gasteiger partial charge in [-0.25, -0.2) is 15.0 Å². The molecule has 10 aromatic heterocycles. The third-order valence-electron chi connectivity index (χ3n) is 16.8. The van der Waals surface area contributed by atoms with Gasteiger partial charge < -0.3 is 22.7 Å². The van der Waals surface area contributed by atoms with Crippen molar-refractivity contribution in [1.29, 1.82) is 0 Å². The lowest BCUT2D eigenvalue weighted by Crippen LogP contribution is -2.16. The number of rotatable bonds is 8. The average Bonchev–Trinajstić information content (AvgIpc) is 1.69. The molecular formula is C73H43N11O. The summed E-state index contributed by atoms with van der Waals surface area (Å²) < 4.78 is 17.0. The van der Waals surface area contributed by atoms with Crippen LogP contribution in [0.4, 0.5) is 0 Å². The zero-order valence-corrected chi connectivity index (χ0v) is 45.2. The van der Waals surface area contributed by atoms with E-state index in [0.29, 0.717) is 34.1 Å². The maximum Gasteiger partial charge on any atom is 0.231 e. The van der Waals surface area contributed by atoms with E-state index in [1.165, 1.54) is 0 Å². The number of nitrogens with zero attached hydrogens (tertiary/aromatic N) is 11. The predicted molar refractivity (Wildman–Crippen MR) is 340 cm³/mol. The van der Waals surface area contributed by atoms with Gasteiger partial charge in [0.15, 0.2) is 11.4 Å². The van der Waals surface area contributed by atoms with E-state index in [-0.39, 0.29) is 0 Å². The smallest absolute Gasteiger partial charge is 0.231 e. The van der Waals surface area contributed by atoms with Gasteiger partial charge in [-0.1, -0.05) is 146 Å². The first-order valence-corrected chi connectivity index (χ1v) is 28.2. The molecule has 85 heavy (non-hydrogen) atoms. The number of pyridine rings is 4. The Hall–Kier alpha value is -11.9. The molecule has 12 heteroatoms. The zero-order valence-electron chi connectivity index (χ0n) is 45.2. The molecule has 0 radical (unpaired) electrons. The molecule has 0 unspecified atom stereocenters. The van der Waals surface area contributed by atoms with Crippen LogP contribution >= 0.6 is 0 Å². The molecule has 0 amide bonds. The Labute approximate surface area is 483 Å². The highest BCUT2D eigenvalue weighted by molar-refractivity contribution is 6.18. The number of hydrogen-bond acceptors (Lipinski definition) is 8. The van der Waals surface area contributed by atoms with Crippen LogP contribution in [0.3, 0.4) is 0 Å². The van der Waals surface area contributed by atoms with E-state index in [4.69, 9.17) is 39.3 Å². The maximum absolute atomic E-state index is 7.44. The topological polar surface area (TPSA) is 123 Å². The first kappa shape index (κ1) is 46.8. The number of hydrogen-bond donors (Lipinski definition) is 0. The van der Waals surface area contributed by atoms with Gasteiger partial charge in [-0.05, 0) is 66.7 Å². The second kappa shape index (κ2) is 18.3. The molecule has 396 valence electrons. The molecule has 12 nitrogen and oxygen atoms in total. The highest BCUT2D eigenvalue weighted by atomic mass is 16.3. The number of fused-ring (bicyclic) bond motifs is 13. The summed E-state index contributed by atoms with van der Waals surface area (Å²) in [6, 6.07) is 73.7. The van der Waals surface area contributed by atoms with E-state index in [1.54, 1.807) is 0 Å². The highest BCUT2D eigenvalue weighted by Gasteiger charge is 2.38. The molecule has 0 aliphatic carbocycles. The third-order valence-corrected chi connectivity index (χ3v) is 16.8. The van der Waals surface area contributed by atoms with Crippen molar-refractivity contribution in [2.75, 3.05) is 0 Å². The maximum atomic E-state index is 7.44. The van der Waals surface area contributed by atoms with Gasteiger partial charge in [-0.3, -0.25) is 19.9 Å². The largest absolute Gasteiger partial charge is 0.436 e. The Morgan fingerprint density at radius 1 is 0.282 bits per heavy atom. The molecule has 0 spiro atoms. The summed E-state index contributed by atoms with van der Waals surface area (Å²) in [5.74, 6) is 0.940. The SMILES string of the molecule is c1ccc(-c2cc(-c3c(-n4c5ccccc5c5ccncc54)c(-n4c5ccccc5c5ccncc54)c(-c4nc5ccccc5o4)c(-n4c5ccccc5c5ccncc54)c3-n3c4ccccc4c4ccncc43)nc(-c3ccccc3)n2)cc1. The average molecular weight is 1090 g/mol. The summed E-state index contributed by atoms with van der Waals surface area (Å²) >= 11 is 0. The van der Waals surface area contributed by atoms with Crippen LogP contribution in [-0.2, 0) is 0 Å². The van der Waals surface area contributed by atoms with E-state index >= 15 is 0 Å². The Morgan fingerprint density at radius 3 is 1.07 bits per heavy atom. The molecule has 0 bridgehead atoms. The van der Waals surface area contributed by atoms with Crippen molar-refractivity contribution < 1.29 is 4.42 Å². The molecule has 18 aromatic rings. The molecule has 0 saturated carbocycles. The molecule has 0 fully saturated rings. The van der Waals surface area contributed by atoms with Crippen molar-refractivity contribution in [3.05, 3.63) is 262 Å². The van der Waals surface area contributed by atoms with Crippen molar-refractivity contribution in [2.45, 2.75) is 0 Å². The van der Waals surface area contributed by atoms with Gasteiger partial charge in [0.25, 0.3) is 0 Å². The van der Waals surface area contributed by atoms with Crippen LogP contribution in [0.25, 0.3) is 166 Å². The number of oxazole rings is 1. The number of benzene rings is 8. The van der Waals surface area contributed by atoms with Crippen LogP contribution in [-0.4, -0.2) is 53.2 Å². The van der Waals surface area contributed by atoms with Gasteiger partial charge in [-0.15, -0.1) is 0 Å².